The van der Waals surface area contributed by atoms with Gasteiger partial charge >= 0.3 is 0 Å². The summed E-state index contributed by atoms with van der Waals surface area (Å²) in [7, 11) is 0. The van der Waals surface area contributed by atoms with Crippen LogP contribution in [0.2, 0.25) is 0 Å². The molecule has 3 N–H and O–H groups in total. The standard InChI is InChI=1S/C19H23N3O2S/c1-14(2)24-18-9-8-16(10-17(18)12-23)11-21-22-19(20)25-13-15-6-4-3-5-7-15/h3-11,14,23H,12-13H2,1-2H3,(H2,20,22). The summed E-state index contributed by atoms with van der Waals surface area (Å²) in [5, 5.41) is 17.9. The normalized spacial score (nSPS) is 12.1. The molecule has 0 amide bonds. The Bertz CT molecular complexity index is 731. The maximum Gasteiger partial charge on any atom is 0.180 e. The first-order chi connectivity index (χ1) is 12.1. The lowest BCUT2D eigenvalue weighted by Crippen LogP contribution is -2.08. The zero-order chi connectivity index (χ0) is 18.1. The molecule has 0 saturated heterocycles. The summed E-state index contributed by atoms with van der Waals surface area (Å²) < 4.78 is 5.65. The van der Waals surface area contributed by atoms with E-state index in [-0.39, 0.29) is 12.7 Å². The van der Waals surface area contributed by atoms with E-state index in [0.29, 0.717) is 16.5 Å². The molecular weight excluding hydrogens is 334 g/mol. The Hall–Kier alpha value is -2.31. The van der Waals surface area contributed by atoms with Crippen molar-refractivity contribution in [1.29, 1.82) is 0 Å². The van der Waals surface area contributed by atoms with E-state index in [1.165, 1.54) is 17.3 Å². The average Bonchev–Trinajstić information content (AvgIpc) is 2.61. The third kappa shape index (κ3) is 6.60. The Balaban J connectivity index is 1.96. The van der Waals surface area contributed by atoms with Crippen LogP contribution in [0.5, 0.6) is 5.75 Å². The fraction of sp³-hybridized carbons (Fsp3) is 0.263. The smallest absolute Gasteiger partial charge is 0.180 e. The van der Waals surface area contributed by atoms with E-state index in [1.807, 2.05) is 62.4 Å². The third-order valence-corrected chi connectivity index (χ3v) is 4.07. The average molecular weight is 357 g/mol. The first-order valence-corrected chi connectivity index (χ1v) is 9.00. The van der Waals surface area contributed by atoms with E-state index in [9.17, 15) is 5.11 Å². The van der Waals surface area contributed by atoms with Crippen molar-refractivity contribution in [3.63, 3.8) is 0 Å². The molecule has 2 aromatic rings. The molecule has 0 bridgehead atoms. The fourth-order valence-corrected chi connectivity index (χ4v) is 2.70. The number of rotatable bonds is 7. The van der Waals surface area contributed by atoms with Gasteiger partial charge in [0.15, 0.2) is 5.17 Å². The van der Waals surface area contributed by atoms with Crippen molar-refractivity contribution in [2.45, 2.75) is 32.3 Å². The molecule has 0 heterocycles. The Morgan fingerprint density at radius 1 is 1.24 bits per heavy atom. The monoisotopic (exact) mass is 357 g/mol. The Labute approximate surface area is 152 Å². The van der Waals surface area contributed by atoms with Crippen molar-refractivity contribution < 1.29 is 9.84 Å². The first kappa shape index (κ1) is 19.0. The van der Waals surface area contributed by atoms with Crippen molar-refractivity contribution in [1.82, 2.24) is 0 Å². The second-order valence-electron chi connectivity index (χ2n) is 5.65. The Kier molecular flexibility index (Phi) is 7.50. The SMILES string of the molecule is CC(C)Oc1ccc(C=NN=C(N)SCc2ccccc2)cc1CO. The van der Waals surface area contributed by atoms with E-state index in [1.54, 1.807) is 6.21 Å². The highest BCUT2D eigenvalue weighted by atomic mass is 32.2. The summed E-state index contributed by atoms with van der Waals surface area (Å²) in [5.74, 6) is 1.43. The quantitative estimate of drug-likeness (QED) is 0.451. The maximum atomic E-state index is 9.47. The highest BCUT2D eigenvalue weighted by Crippen LogP contribution is 2.21. The highest BCUT2D eigenvalue weighted by Gasteiger charge is 2.05. The van der Waals surface area contributed by atoms with Crippen molar-refractivity contribution >= 4 is 23.1 Å². The van der Waals surface area contributed by atoms with Gasteiger partial charge in [-0.3, -0.25) is 0 Å². The molecule has 5 nitrogen and oxygen atoms in total. The number of nitrogens with two attached hydrogens (primary N) is 1. The van der Waals surface area contributed by atoms with E-state index < -0.39 is 0 Å². The summed E-state index contributed by atoms with van der Waals surface area (Å²) in [6.45, 7) is 3.80. The van der Waals surface area contributed by atoms with Crippen LogP contribution in [0.25, 0.3) is 0 Å². The number of ether oxygens (including phenoxy) is 1. The summed E-state index contributed by atoms with van der Waals surface area (Å²) in [6.07, 6.45) is 1.66. The molecule has 0 atom stereocenters. The molecule has 0 aliphatic rings. The molecule has 0 aromatic heterocycles. The largest absolute Gasteiger partial charge is 0.491 e. The van der Waals surface area contributed by atoms with Gasteiger partial charge in [-0.25, -0.2) is 0 Å². The van der Waals surface area contributed by atoms with Gasteiger partial charge in [0.25, 0.3) is 0 Å². The molecule has 0 saturated carbocycles. The third-order valence-electron chi connectivity index (χ3n) is 3.21. The van der Waals surface area contributed by atoms with Crippen molar-refractivity contribution in [2.24, 2.45) is 15.9 Å². The minimum Gasteiger partial charge on any atom is -0.491 e. The molecule has 2 aromatic carbocycles. The van der Waals surface area contributed by atoms with Crippen LogP contribution in [0, 0.1) is 0 Å². The van der Waals surface area contributed by atoms with Gasteiger partial charge in [-0.15, -0.1) is 5.10 Å². The molecule has 6 heteroatoms. The van der Waals surface area contributed by atoms with Crippen LogP contribution in [-0.4, -0.2) is 22.6 Å². The lowest BCUT2D eigenvalue weighted by molar-refractivity contribution is 0.225. The van der Waals surface area contributed by atoms with E-state index in [0.717, 1.165) is 11.3 Å². The van der Waals surface area contributed by atoms with E-state index >= 15 is 0 Å². The minimum absolute atomic E-state index is 0.0517. The predicted molar refractivity (Wildman–Crippen MR) is 105 cm³/mol. The number of benzene rings is 2. The summed E-state index contributed by atoms with van der Waals surface area (Å²) in [4.78, 5) is 0. The molecule has 0 aliphatic heterocycles. The van der Waals surface area contributed by atoms with Crippen LogP contribution in [0.3, 0.4) is 0 Å². The van der Waals surface area contributed by atoms with Crippen LogP contribution in [-0.2, 0) is 12.4 Å². The second kappa shape index (κ2) is 9.86. The zero-order valence-electron chi connectivity index (χ0n) is 14.4. The van der Waals surface area contributed by atoms with Crippen LogP contribution in [0.1, 0.15) is 30.5 Å². The van der Waals surface area contributed by atoms with Crippen LogP contribution in [0.4, 0.5) is 0 Å². The van der Waals surface area contributed by atoms with Crippen molar-refractivity contribution in [3.8, 4) is 5.75 Å². The number of thioether (sulfide) groups is 1. The van der Waals surface area contributed by atoms with Crippen LogP contribution >= 0.6 is 11.8 Å². The second-order valence-corrected chi connectivity index (χ2v) is 6.64. The molecule has 0 unspecified atom stereocenters. The van der Waals surface area contributed by atoms with Gasteiger partial charge in [0.1, 0.15) is 5.75 Å². The molecule has 132 valence electrons. The number of hydrogen-bond acceptors (Lipinski definition) is 5. The minimum atomic E-state index is -0.0952. The summed E-state index contributed by atoms with van der Waals surface area (Å²) in [6, 6.07) is 15.6. The number of nitrogens with zero attached hydrogens (tertiary/aromatic N) is 2. The first-order valence-electron chi connectivity index (χ1n) is 8.02. The molecule has 25 heavy (non-hydrogen) atoms. The Morgan fingerprint density at radius 3 is 2.68 bits per heavy atom. The molecule has 0 radical (unpaired) electrons. The number of hydrogen-bond donors (Lipinski definition) is 2. The van der Waals surface area contributed by atoms with Gasteiger partial charge < -0.3 is 15.6 Å². The van der Waals surface area contributed by atoms with Crippen molar-refractivity contribution in [3.05, 3.63) is 65.2 Å². The van der Waals surface area contributed by atoms with E-state index in [2.05, 4.69) is 10.2 Å². The lowest BCUT2D eigenvalue weighted by atomic mass is 10.1. The van der Waals surface area contributed by atoms with Crippen LogP contribution < -0.4 is 10.5 Å². The molecule has 0 fully saturated rings. The number of aliphatic hydroxyl groups excluding tert-OH is 1. The maximum absolute atomic E-state index is 9.47. The van der Waals surface area contributed by atoms with Crippen molar-refractivity contribution in [2.75, 3.05) is 0 Å². The summed E-state index contributed by atoms with van der Waals surface area (Å²) >= 11 is 1.44. The molecule has 2 rings (SSSR count). The van der Waals surface area contributed by atoms with Gasteiger partial charge in [-0.2, -0.15) is 5.10 Å². The number of aliphatic hydroxyl groups is 1. The fourth-order valence-electron chi connectivity index (χ4n) is 2.08. The van der Waals surface area contributed by atoms with Crippen LogP contribution in [0.15, 0.2) is 58.7 Å². The van der Waals surface area contributed by atoms with Gasteiger partial charge in [0.2, 0.25) is 0 Å². The zero-order valence-corrected chi connectivity index (χ0v) is 15.2. The molecule has 0 spiro atoms. The predicted octanol–water partition coefficient (Wildman–Crippen LogP) is 3.55. The van der Waals surface area contributed by atoms with Gasteiger partial charge in [0.05, 0.1) is 18.9 Å². The van der Waals surface area contributed by atoms with E-state index in [4.69, 9.17) is 10.5 Å². The molecular formula is C19H23N3O2S. The lowest BCUT2D eigenvalue weighted by Gasteiger charge is -2.13. The van der Waals surface area contributed by atoms with Gasteiger partial charge in [-0.05, 0) is 43.2 Å². The molecule has 0 aliphatic carbocycles. The highest BCUT2D eigenvalue weighted by molar-refractivity contribution is 8.13. The van der Waals surface area contributed by atoms with Gasteiger partial charge in [0, 0.05) is 11.3 Å². The Morgan fingerprint density at radius 2 is 2.00 bits per heavy atom. The number of amidine groups is 1. The van der Waals surface area contributed by atoms with Gasteiger partial charge in [-0.1, -0.05) is 42.1 Å². The summed E-state index contributed by atoms with van der Waals surface area (Å²) in [5.41, 5.74) is 8.58. The topological polar surface area (TPSA) is 80.2 Å².